The molecule has 4 aromatic heterocycles. The number of aryl methyl sites for hydroxylation is 1. The zero-order valence-corrected chi connectivity index (χ0v) is 16.6. The normalized spacial score (nSPS) is 14.9. The number of pyridine rings is 2. The van der Waals surface area contributed by atoms with Gasteiger partial charge in [-0.1, -0.05) is 0 Å². The summed E-state index contributed by atoms with van der Waals surface area (Å²) in [6, 6.07) is 7.98. The van der Waals surface area contributed by atoms with Gasteiger partial charge in [0.1, 0.15) is 12.0 Å². The van der Waals surface area contributed by atoms with Crippen molar-refractivity contribution >= 4 is 16.9 Å². The van der Waals surface area contributed by atoms with Crippen LogP contribution >= 0.6 is 0 Å². The van der Waals surface area contributed by atoms with Crippen LogP contribution in [0.4, 0.5) is 0 Å². The molecule has 1 aliphatic heterocycles. The minimum Gasteiger partial charge on any atom is -0.337 e. The first kappa shape index (κ1) is 18.4. The second kappa shape index (κ2) is 7.62. The molecule has 0 bridgehead atoms. The van der Waals surface area contributed by atoms with Crippen LogP contribution in [0.25, 0.3) is 22.2 Å². The second-order valence-corrected chi connectivity index (χ2v) is 7.58. The zero-order chi connectivity index (χ0) is 20.5. The van der Waals surface area contributed by atoms with Gasteiger partial charge in [0, 0.05) is 73.0 Å². The predicted octanol–water partition coefficient (Wildman–Crippen LogP) is 2.84. The maximum absolute atomic E-state index is 12.6. The van der Waals surface area contributed by atoms with Gasteiger partial charge in [0.25, 0.3) is 5.91 Å². The van der Waals surface area contributed by atoms with Gasteiger partial charge in [0.05, 0.1) is 0 Å². The molecule has 4 aromatic rings. The van der Waals surface area contributed by atoms with Crippen molar-refractivity contribution in [3.05, 3.63) is 66.8 Å². The minimum absolute atomic E-state index is 0.000363. The Hall–Kier alpha value is -3.68. The van der Waals surface area contributed by atoms with E-state index in [-0.39, 0.29) is 5.91 Å². The van der Waals surface area contributed by atoms with Crippen LogP contribution < -0.4 is 0 Å². The number of carbonyl (C=O) groups excluding carboxylic acids is 1. The van der Waals surface area contributed by atoms with E-state index in [1.165, 1.54) is 6.33 Å². The Morgan fingerprint density at radius 2 is 1.83 bits per heavy atom. The highest BCUT2D eigenvalue weighted by Crippen LogP contribution is 2.29. The van der Waals surface area contributed by atoms with E-state index in [1.807, 2.05) is 18.1 Å². The molecule has 0 unspecified atom stereocenters. The fraction of sp³-hybridized carbons (Fsp3) is 0.273. The minimum atomic E-state index is -0.000363. The number of hydrogen-bond acceptors (Lipinski definition) is 6. The second-order valence-electron chi connectivity index (χ2n) is 7.58. The van der Waals surface area contributed by atoms with Gasteiger partial charge in [0.15, 0.2) is 5.65 Å². The third-order valence-corrected chi connectivity index (χ3v) is 5.59. The number of carbonyl (C=O) groups is 1. The molecule has 5 rings (SSSR count). The molecular formula is C22H21N7O. The molecule has 0 N–H and O–H groups in total. The number of fused-ring (bicyclic) bond motifs is 1. The fourth-order valence-electron chi connectivity index (χ4n) is 3.93. The molecule has 30 heavy (non-hydrogen) atoms. The van der Waals surface area contributed by atoms with Crippen molar-refractivity contribution in [1.82, 2.24) is 34.6 Å². The SMILES string of the molecule is Cn1ccc(C(=O)N2CCC(c3ccc4cc(-c5cncnc5)cnc4n3)CC2)n1. The number of likely N-dealkylation sites (tertiary alicyclic amines) is 1. The highest BCUT2D eigenvalue weighted by molar-refractivity contribution is 5.92. The van der Waals surface area contributed by atoms with Gasteiger partial charge in [-0.05, 0) is 37.1 Å². The Kier molecular flexibility index (Phi) is 4.66. The van der Waals surface area contributed by atoms with Crippen LogP contribution in [0.1, 0.15) is 34.9 Å². The molecule has 0 spiro atoms. The van der Waals surface area contributed by atoms with Gasteiger partial charge in [-0.2, -0.15) is 5.10 Å². The van der Waals surface area contributed by atoms with Gasteiger partial charge in [0.2, 0.25) is 0 Å². The van der Waals surface area contributed by atoms with E-state index in [2.05, 4.69) is 38.2 Å². The summed E-state index contributed by atoms with van der Waals surface area (Å²) in [6.07, 6.45) is 10.4. The average molecular weight is 399 g/mol. The monoisotopic (exact) mass is 399 g/mol. The summed E-state index contributed by atoms with van der Waals surface area (Å²) >= 11 is 0. The number of aromatic nitrogens is 6. The Morgan fingerprint density at radius 3 is 2.57 bits per heavy atom. The van der Waals surface area contributed by atoms with E-state index in [0.717, 1.165) is 40.7 Å². The maximum Gasteiger partial charge on any atom is 0.274 e. The summed E-state index contributed by atoms with van der Waals surface area (Å²) in [5, 5.41) is 5.21. The van der Waals surface area contributed by atoms with Crippen molar-refractivity contribution in [3.8, 4) is 11.1 Å². The van der Waals surface area contributed by atoms with Crippen molar-refractivity contribution < 1.29 is 4.79 Å². The largest absolute Gasteiger partial charge is 0.337 e. The van der Waals surface area contributed by atoms with E-state index in [0.29, 0.717) is 24.7 Å². The number of piperidine rings is 1. The molecule has 150 valence electrons. The molecule has 1 saturated heterocycles. The highest BCUT2D eigenvalue weighted by Gasteiger charge is 2.26. The summed E-state index contributed by atoms with van der Waals surface area (Å²) in [4.78, 5) is 32.0. The number of hydrogen-bond donors (Lipinski definition) is 0. The maximum atomic E-state index is 12.6. The lowest BCUT2D eigenvalue weighted by molar-refractivity contribution is 0.0705. The molecule has 0 radical (unpaired) electrons. The predicted molar refractivity (Wildman–Crippen MR) is 112 cm³/mol. The van der Waals surface area contributed by atoms with E-state index < -0.39 is 0 Å². The summed E-state index contributed by atoms with van der Waals surface area (Å²) in [7, 11) is 1.82. The molecule has 0 atom stereocenters. The first-order chi connectivity index (χ1) is 14.7. The van der Waals surface area contributed by atoms with Crippen LogP contribution in [-0.4, -0.2) is 53.6 Å². The number of rotatable bonds is 3. The topological polar surface area (TPSA) is 89.7 Å². The quantitative estimate of drug-likeness (QED) is 0.526. The van der Waals surface area contributed by atoms with Crippen LogP contribution in [0.2, 0.25) is 0 Å². The van der Waals surface area contributed by atoms with Crippen molar-refractivity contribution in [3.63, 3.8) is 0 Å². The first-order valence-corrected chi connectivity index (χ1v) is 9.98. The summed E-state index contributed by atoms with van der Waals surface area (Å²) < 4.78 is 1.65. The van der Waals surface area contributed by atoms with Crippen LogP contribution in [0.3, 0.4) is 0 Å². The summed E-state index contributed by atoms with van der Waals surface area (Å²) in [5.74, 6) is 0.325. The average Bonchev–Trinajstić information content (AvgIpc) is 3.25. The van der Waals surface area contributed by atoms with E-state index in [4.69, 9.17) is 4.98 Å². The van der Waals surface area contributed by atoms with Crippen molar-refractivity contribution in [2.75, 3.05) is 13.1 Å². The summed E-state index contributed by atoms with van der Waals surface area (Å²) in [6.45, 7) is 1.42. The Labute approximate surface area is 173 Å². The number of nitrogens with zero attached hydrogens (tertiary/aromatic N) is 7. The molecule has 0 aliphatic carbocycles. The van der Waals surface area contributed by atoms with Gasteiger partial charge < -0.3 is 4.90 Å². The lowest BCUT2D eigenvalue weighted by Crippen LogP contribution is -2.38. The lowest BCUT2D eigenvalue weighted by Gasteiger charge is -2.31. The highest BCUT2D eigenvalue weighted by atomic mass is 16.2. The molecule has 8 heteroatoms. The molecule has 0 aromatic carbocycles. The van der Waals surface area contributed by atoms with Crippen LogP contribution in [0, 0.1) is 0 Å². The molecule has 1 aliphatic rings. The third-order valence-electron chi connectivity index (χ3n) is 5.59. The van der Waals surface area contributed by atoms with Crippen LogP contribution in [0.5, 0.6) is 0 Å². The van der Waals surface area contributed by atoms with Gasteiger partial charge in [-0.15, -0.1) is 0 Å². The molecule has 0 saturated carbocycles. The zero-order valence-electron chi connectivity index (χ0n) is 16.6. The van der Waals surface area contributed by atoms with Crippen molar-refractivity contribution in [2.45, 2.75) is 18.8 Å². The van der Waals surface area contributed by atoms with Crippen molar-refractivity contribution in [1.29, 1.82) is 0 Å². The van der Waals surface area contributed by atoms with Gasteiger partial charge in [-0.3, -0.25) is 9.48 Å². The van der Waals surface area contributed by atoms with E-state index >= 15 is 0 Å². The molecular weight excluding hydrogens is 378 g/mol. The van der Waals surface area contributed by atoms with Crippen molar-refractivity contribution in [2.24, 2.45) is 7.05 Å². The standard InChI is InChI=1S/C22H21N7O/c1-28-7-6-20(27-28)22(30)29-8-4-15(5-9-29)19-3-2-16-10-17(13-25-21(16)26-19)18-11-23-14-24-12-18/h2-3,6-7,10-15H,4-5,8-9H2,1H3. The van der Waals surface area contributed by atoms with Crippen LogP contribution in [-0.2, 0) is 7.05 Å². The van der Waals surface area contributed by atoms with Gasteiger partial charge in [-0.25, -0.2) is 19.9 Å². The Morgan fingerprint density at radius 1 is 1.03 bits per heavy atom. The fourth-order valence-corrected chi connectivity index (χ4v) is 3.93. The molecule has 8 nitrogen and oxygen atoms in total. The molecule has 1 amide bonds. The number of amides is 1. The molecule has 5 heterocycles. The Balaban J connectivity index is 1.30. The first-order valence-electron chi connectivity index (χ1n) is 9.98. The Bertz CT molecular complexity index is 1200. The lowest BCUT2D eigenvalue weighted by atomic mass is 9.92. The van der Waals surface area contributed by atoms with E-state index in [1.54, 1.807) is 29.3 Å². The third kappa shape index (κ3) is 3.52. The molecule has 1 fully saturated rings. The van der Waals surface area contributed by atoms with Gasteiger partial charge >= 0.3 is 0 Å². The summed E-state index contributed by atoms with van der Waals surface area (Å²) in [5.41, 5.74) is 4.18. The van der Waals surface area contributed by atoms with E-state index in [9.17, 15) is 4.79 Å². The smallest absolute Gasteiger partial charge is 0.274 e. The van der Waals surface area contributed by atoms with Crippen LogP contribution in [0.15, 0.2) is 55.4 Å².